The molecular weight excluding hydrogens is 414 g/mol. The van der Waals surface area contributed by atoms with Crippen LogP contribution in [0.3, 0.4) is 0 Å². The third-order valence-electron chi connectivity index (χ3n) is 5.71. The van der Waals surface area contributed by atoms with Crippen LogP contribution in [-0.2, 0) is 16.0 Å². The molecule has 0 spiro atoms. The fraction of sp³-hybridized carbons (Fsp3) is 0.143. The number of aliphatic hydroxyl groups is 1. The summed E-state index contributed by atoms with van der Waals surface area (Å²) in [6.07, 6.45) is 3.70. The normalized spacial score (nSPS) is 16.0. The molecule has 0 fully saturated rings. The largest absolute Gasteiger partial charge is 0.503 e. The van der Waals surface area contributed by atoms with Crippen LogP contribution in [0.1, 0.15) is 22.7 Å². The quantitative estimate of drug-likeness (QED) is 0.506. The maximum absolute atomic E-state index is 13.2. The van der Waals surface area contributed by atoms with Crippen molar-refractivity contribution >= 4 is 17.8 Å². The number of nitrogens with zero attached hydrogens (tertiary/aromatic N) is 1. The van der Waals surface area contributed by atoms with Crippen molar-refractivity contribution in [1.29, 1.82) is 0 Å². The number of methoxy groups -OCH3 is 1. The molecular formula is C28H25NO4. The van der Waals surface area contributed by atoms with E-state index in [4.69, 9.17) is 4.74 Å². The van der Waals surface area contributed by atoms with Crippen LogP contribution in [0.15, 0.2) is 102 Å². The highest BCUT2D eigenvalue weighted by molar-refractivity contribution is 6.14. The van der Waals surface area contributed by atoms with Crippen LogP contribution in [0.5, 0.6) is 5.75 Å². The lowest BCUT2D eigenvalue weighted by Gasteiger charge is -2.27. The summed E-state index contributed by atoms with van der Waals surface area (Å²) in [5.74, 6) is -0.758. The van der Waals surface area contributed by atoms with E-state index in [0.29, 0.717) is 18.7 Å². The number of hydrogen-bond donors (Lipinski definition) is 1. The summed E-state index contributed by atoms with van der Waals surface area (Å²) in [5.41, 5.74) is 2.75. The Hall–Kier alpha value is -4.12. The van der Waals surface area contributed by atoms with Gasteiger partial charge in [-0.05, 0) is 41.3 Å². The van der Waals surface area contributed by atoms with Gasteiger partial charge in [0.2, 0.25) is 0 Å². The minimum atomic E-state index is -0.681. The minimum Gasteiger partial charge on any atom is -0.503 e. The number of aliphatic hydroxyl groups excluding tert-OH is 1. The van der Waals surface area contributed by atoms with E-state index in [0.717, 1.165) is 16.7 Å². The number of ether oxygens (including phenoxy) is 1. The van der Waals surface area contributed by atoms with E-state index in [-0.39, 0.29) is 5.57 Å². The molecule has 166 valence electrons. The lowest BCUT2D eigenvalue weighted by Crippen LogP contribution is -2.33. The van der Waals surface area contributed by atoms with Crippen LogP contribution in [0.2, 0.25) is 0 Å². The Kier molecular flexibility index (Phi) is 6.69. The number of carbonyl (C=O) groups excluding carboxylic acids is 2. The molecule has 0 radical (unpaired) electrons. The first-order valence-corrected chi connectivity index (χ1v) is 10.8. The molecule has 1 atom stereocenters. The van der Waals surface area contributed by atoms with Crippen molar-refractivity contribution < 1.29 is 19.4 Å². The highest BCUT2D eigenvalue weighted by atomic mass is 16.5. The summed E-state index contributed by atoms with van der Waals surface area (Å²) in [5, 5.41) is 10.7. The highest BCUT2D eigenvalue weighted by Gasteiger charge is 2.42. The van der Waals surface area contributed by atoms with Crippen molar-refractivity contribution in [3.05, 3.63) is 119 Å². The Morgan fingerprint density at radius 2 is 1.61 bits per heavy atom. The van der Waals surface area contributed by atoms with Gasteiger partial charge in [0.25, 0.3) is 5.91 Å². The summed E-state index contributed by atoms with van der Waals surface area (Å²) in [6.45, 7) is 0.364. The maximum atomic E-state index is 13.2. The zero-order chi connectivity index (χ0) is 23.2. The van der Waals surface area contributed by atoms with Gasteiger partial charge >= 0.3 is 0 Å². The van der Waals surface area contributed by atoms with Crippen LogP contribution in [-0.4, -0.2) is 35.4 Å². The van der Waals surface area contributed by atoms with Crippen molar-refractivity contribution in [1.82, 2.24) is 4.90 Å². The number of rotatable bonds is 8. The van der Waals surface area contributed by atoms with Crippen molar-refractivity contribution in [3.8, 4) is 5.75 Å². The zero-order valence-corrected chi connectivity index (χ0v) is 18.3. The van der Waals surface area contributed by atoms with Gasteiger partial charge in [-0.1, -0.05) is 78.9 Å². The van der Waals surface area contributed by atoms with E-state index in [1.165, 1.54) is 6.08 Å². The number of allylic oxidation sites excluding steroid dienone is 1. The van der Waals surface area contributed by atoms with Gasteiger partial charge < -0.3 is 14.7 Å². The third-order valence-corrected chi connectivity index (χ3v) is 5.71. The van der Waals surface area contributed by atoms with Crippen molar-refractivity contribution in [3.63, 3.8) is 0 Å². The molecule has 1 heterocycles. The van der Waals surface area contributed by atoms with Crippen LogP contribution in [0.25, 0.3) is 6.08 Å². The molecule has 1 amide bonds. The Morgan fingerprint density at radius 3 is 2.24 bits per heavy atom. The van der Waals surface area contributed by atoms with Gasteiger partial charge in [-0.2, -0.15) is 0 Å². The molecule has 0 saturated heterocycles. The zero-order valence-electron chi connectivity index (χ0n) is 18.3. The van der Waals surface area contributed by atoms with Gasteiger partial charge in [-0.15, -0.1) is 0 Å². The van der Waals surface area contributed by atoms with E-state index in [1.807, 2.05) is 72.8 Å². The van der Waals surface area contributed by atoms with Gasteiger partial charge in [0, 0.05) is 6.54 Å². The second-order valence-electron chi connectivity index (χ2n) is 7.78. The fourth-order valence-electron chi connectivity index (χ4n) is 3.99. The molecule has 3 aromatic rings. The molecule has 1 aliphatic rings. The second-order valence-corrected chi connectivity index (χ2v) is 7.78. The van der Waals surface area contributed by atoms with Crippen LogP contribution in [0, 0.1) is 0 Å². The van der Waals surface area contributed by atoms with E-state index in [1.54, 1.807) is 30.2 Å². The highest BCUT2D eigenvalue weighted by Crippen LogP contribution is 2.38. The lowest BCUT2D eigenvalue weighted by molar-refractivity contribution is -0.129. The van der Waals surface area contributed by atoms with E-state index >= 15 is 0 Å². The Labute approximate surface area is 193 Å². The molecule has 4 rings (SSSR count). The fourth-order valence-corrected chi connectivity index (χ4v) is 3.99. The molecule has 5 nitrogen and oxygen atoms in total. The first-order valence-electron chi connectivity index (χ1n) is 10.8. The first-order chi connectivity index (χ1) is 16.1. The standard InChI is InChI=1S/C28H25NO4/c1-33-23-15-13-22(14-16-23)26-25(24(30)17-12-20-8-4-2-5-9-20)27(31)28(32)29(26)19-18-21-10-6-3-7-11-21/h2-17,26,31H,18-19H2,1H3. The van der Waals surface area contributed by atoms with Gasteiger partial charge in [0.05, 0.1) is 18.7 Å². The Morgan fingerprint density at radius 1 is 0.970 bits per heavy atom. The SMILES string of the molecule is COc1ccc(C2C(C(=O)C=Cc3ccccc3)=C(O)C(=O)N2CCc2ccccc2)cc1. The van der Waals surface area contributed by atoms with Crippen LogP contribution < -0.4 is 4.74 Å². The summed E-state index contributed by atoms with van der Waals surface area (Å²) in [7, 11) is 1.58. The molecule has 3 aromatic carbocycles. The molecule has 0 aromatic heterocycles. The van der Waals surface area contributed by atoms with Crippen LogP contribution >= 0.6 is 0 Å². The Balaban J connectivity index is 1.66. The molecule has 33 heavy (non-hydrogen) atoms. The van der Waals surface area contributed by atoms with E-state index < -0.39 is 23.5 Å². The Bertz CT molecular complexity index is 1180. The monoisotopic (exact) mass is 439 g/mol. The summed E-state index contributed by atoms with van der Waals surface area (Å²) in [6, 6.07) is 25.8. The van der Waals surface area contributed by atoms with Crippen molar-refractivity contribution in [2.24, 2.45) is 0 Å². The predicted molar refractivity (Wildman–Crippen MR) is 128 cm³/mol. The van der Waals surface area contributed by atoms with E-state index in [9.17, 15) is 14.7 Å². The number of amides is 1. The average molecular weight is 440 g/mol. The van der Waals surface area contributed by atoms with Gasteiger partial charge in [0.15, 0.2) is 11.5 Å². The number of hydrogen-bond acceptors (Lipinski definition) is 4. The minimum absolute atomic E-state index is 0.0883. The molecule has 1 unspecified atom stereocenters. The number of benzene rings is 3. The van der Waals surface area contributed by atoms with Crippen LogP contribution in [0.4, 0.5) is 0 Å². The summed E-state index contributed by atoms with van der Waals surface area (Å²) >= 11 is 0. The van der Waals surface area contributed by atoms with E-state index in [2.05, 4.69) is 0 Å². The summed E-state index contributed by atoms with van der Waals surface area (Å²) in [4.78, 5) is 27.8. The second kappa shape index (κ2) is 10.0. The molecule has 0 bridgehead atoms. The molecule has 5 heteroatoms. The smallest absolute Gasteiger partial charge is 0.290 e. The molecule has 0 aliphatic carbocycles. The number of carbonyl (C=O) groups is 2. The molecule has 0 saturated carbocycles. The first kappa shape index (κ1) is 22.1. The van der Waals surface area contributed by atoms with Crippen molar-refractivity contribution in [2.45, 2.75) is 12.5 Å². The third kappa shape index (κ3) is 4.88. The molecule has 1 N–H and O–H groups in total. The van der Waals surface area contributed by atoms with Gasteiger partial charge in [-0.25, -0.2) is 0 Å². The molecule has 1 aliphatic heterocycles. The number of ketones is 1. The predicted octanol–water partition coefficient (Wildman–Crippen LogP) is 4.92. The van der Waals surface area contributed by atoms with Gasteiger partial charge in [-0.3, -0.25) is 9.59 Å². The topological polar surface area (TPSA) is 66.8 Å². The summed E-state index contributed by atoms with van der Waals surface area (Å²) < 4.78 is 5.25. The lowest BCUT2D eigenvalue weighted by atomic mass is 9.95. The van der Waals surface area contributed by atoms with Crippen molar-refractivity contribution in [2.75, 3.05) is 13.7 Å². The maximum Gasteiger partial charge on any atom is 0.290 e. The average Bonchev–Trinajstić information content (AvgIpc) is 3.12. The van der Waals surface area contributed by atoms with Gasteiger partial charge in [0.1, 0.15) is 5.75 Å².